The third kappa shape index (κ3) is 17.6. The van der Waals surface area contributed by atoms with Gasteiger partial charge in [0.2, 0.25) is 0 Å². The van der Waals surface area contributed by atoms with Crippen LogP contribution >= 0.6 is 0 Å². The highest BCUT2D eigenvalue weighted by molar-refractivity contribution is 5.68. The molecule has 1 aromatic rings. The number of ether oxygens (including phenoxy) is 1. The van der Waals surface area contributed by atoms with Crippen molar-refractivity contribution in [2.75, 3.05) is 19.8 Å². The number of aryl methyl sites for hydroxylation is 1. The fraction of sp³-hybridized carbons (Fsp3) is 0.682. The Morgan fingerprint density at radius 3 is 1.85 bits per heavy atom. The maximum Gasteiger partial charge on any atom is 0.341 e. The molecule has 5 nitrogen and oxygen atoms in total. The number of hydrogen-bond acceptors (Lipinski definition) is 4. The van der Waals surface area contributed by atoms with Gasteiger partial charge >= 0.3 is 5.97 Å². The van der Waals surface area contributed by atoms with Gasteiger partial charge in [-0.2, -0.15) is 0 Å². The number of nitrogens with two attached hydrogens (primary N) is 1. The average Bonchev–Trinajstić information content (AvgIpc) is 2.69. The maximum atomic E-state index is 10.4. The topological polar surface area (TPSA) is 92.8 Å². The lowest BCUT2D eigenvalue weighted by molar-refractivity contribution is -0.139. The second-order valence-corrected chi connectivity index (χ2v) is 6.77. The van der Waals surface area contributed by atoms with Crippen LogP contribution in [0.1, 0.15) is 76.7 Å². The highest BCUT2D eigenvalue weighted by Gasteiger charge is 2.00. The number of carboxylic acids is 1. The Hall–Kier alpha value is -1.59. The SMILES string of the molecule is CCCCCCCCCCCCc1ccc(OCC(=O)O)cc1.NCCO. The molecule has 0 spiro atoms. The van der Waals surface area contributed by atoms with E-state index in [9.17, 15) is 4.79 Å². The van der Waals surface area contributed by atoms with Crippen molar-refractivity contribution < 1.29 is 19.7 Å². The molecule has 156 valence electrons. The third-order valence-electron chi connectivity index (χ3n) is 4.23. The number of aliphatic carboxylic acids is 1. The summed E-state index contributed by atoms with van der Waals surface area (Å²) in [7, 11) is 0. The van der Waals surface area contributed by atoms with Gasteiger partial charge in [0.05, 0.1) is 6.61 Å². The molecule has 0 amide bonds. The number of carboxylic acid groups (broad SMARTS) is 1. The normalized spacial score (nSPS) is 10.2. The van der Waals surface area contributed by atoms with Crippen molar-refractivity contribution in [3.8, 4) is 5.75 Å². The molecule has 0 aromatic heterocycles. The lowest BCUT2D eigenvalue weighted by Gasteiger charge is -2.05. The molecule has 0 radical (unpaired) electrons. The van der Waals surface area contributed by atoms with E-state index in [-0.39, 0.29) is 13.2 Å². The zero-order valence-electron chi connectivity index (χ0n) is 17.0. The summed E-state index contributed by atoms with van der Waals surface area (Å²) in [6.45, 7) is 2.45. The summed E-state index contributed by atoms with van der Waals surface area (Å²) in [5.74, 6) is -0.321. The molecule has 0 unspecified atom stereocenters. The van der Waals surface area contributed by atoms with Gasteiger partial charge in [0, 0.05) is 6.54 Å². The van der Waals surface area contributed by atoms with E-state index in [2.05, 4.69) is 6.92 Å². The number of carbonyl (C=O) groups is 1. The molecular formula is C22H39NO4. The minimum atomic E-state index is -0.945. The van der Waals surface area contributed by atoms with Crippen molar-refractivity contribution in [3.63, 3.8) is 0 Å². The Morgan fingerprint density at radius 2 is 1.41 bits per heavy atom. The summed E-state index contributed by atoms with van der Waals surface area (Å²) < 4.78 is 5.13. The quantitative estimate of drug-likeness (QED) is 0.388. The molecule has 0 fully saturated rings. The molecule has 5 heteroatoms. The zero-order valence-corrected chi connectivity index (χ0v) is 17.0. The van der Waals surface area contributed by atoms with Crippen LogP contribution in [-0.2, 0) is 11.2 Å². The molecular weight excluding hydrogens is 342 g/mol. The van der Waals surface area contributed by atoms with Crippen LogP contribution in [0.2, 0.25) is 0 Å². The first-order valence-electron chi connectivity index (χ1n) is 10.4. The molecule has 27 heavy (non-hydrogen) atoms. The fourth-order valence-corrected chi connectivity index (χ4v) is 2.71. The van der Waals surface area contributed by atoms with E-state index in [1.165, 1.54) is 69.8 Å². The Balaban J connectivity index is 0.00000153. The molecule has 0 aliphatic carbocycles. The number of aliphatic hydroxyl groups is 1. The minimum Gasteiger partial charge on any atom is -0.482 e. The van der Waals surface area contributed by atoms with Crippen LogP contribution in [0.3, 0.4) is 0 Å². The van der Waals surface area contributed by atoms with Crippen LogP contribution in [0, 0.1) is 0 Å². The predicted molar refractivity (Wildman–Crippen MR) is 111 cm³/mol. The van der Waals surface area contributed by atoms with Gasteiger partial charge in [-0.05, 0) is 30.5 Å². The molecule has 4 N–H and O–H groups in total. The van der Waals surface area contributed by atoms with E-state index in [0.717, 1.165) is 6.42 Å². The van der Waals surface area contributed by atoms with Crippen molar-refractivity contribution in [3.05, 3.63) is 29.8 Å². The van der Waals surface area contributed by atoms with E-state index >= 15 is 0 Å². The van der Waals surface area contributed by atoms with Gasteiger partial charge in [-0.25, -0.2) is 4.79 Å². The number of aliphatic hydroxyl groups excluding tert-OH is 1. The van der Waals surface area contributed by atoms with E-state index in [4.69, 9.17) is 20.7 Å². The Labute approximate surface area is 164 Å². The minimum absolute atomic E-state index is 0.0972. The van der Waals surface area contributed by atoms with Crippen molar-refractivity contribution in [1.82, 2.24) is 0 Å². The highest BCUT2D eigenvalue weighted by atomic mass is 16.5. The molecule has 0 aliphatic rings. The van der Waals surface area contributed by atoms with Crippen molar-refractivity contribution in [2.24, 2.45) is 5.73 Å². The monoisotopic (exact) mass is 381 g/mol. The fourth-order valence-electron chi connectivity index (χ4n) is 2.71. The standard InChI is InChI=1S/C20H32O3.C2H7NO/c1-2-3-4-5-6-7-8-9-10-11-12-18-13-15-19(16-14-18)23-17-20(21)22;3-1-2-4/h13-16H,2-12,17H2,1H3,(H,21,22);4H,1-3H2. The lowest BCUT2D eigenvalue weighted by atomic mass is 10.0. The van der Waals surface area contributed by atoms with Crippen LogP contribution in [-0.4, -0.2) is 35.9 Å². The summed E-state index contributed by atoms with van der Waals surface area (Å²) in [6, 6.07) is 7.78. The summed E-state index contributed by atoms with van der Waals surface area (Å²) >= 11 is 0. The van der Waals surface area contributed by atoms with Gasteiger partial charge in [0.1, 0.15) is 5.75 Å². The van der Waals surface area contributed by atoms with E-state index in [1.54, 1.807) is 0 Å². The zero-order chi connectivity index (χ0) is 20.2. The summed E-state index contributed by atoms with van der Waals surface area (Å²) in [5.41, 5.74) is 6.08. The molecule has 0 saturated carbocycles. The van der Waals surface area contributed by atoms with E-state index in [1.807, 2.05) is 24.3 Å². The first kappa shape index (κ1) is 25.4. The predicted octanol–water partition coefficient (Wildman–Crippen LogP) is 4.55. The van der Waals surface area contributed by atoms with Crippen LogP contribution in [0.5, 0.6) is 5.75 Å². The molecule has 0 saturated heterocycles. The summed E-state index contributed by atoms with van der Waals surface area (Å²) in [5, 5.41) is 16.3. The number of benzene rings is 1. The van der Waals surface area contributed by atoms with Crippen molar-refractivity contribution in [2.45, 2.75) is 77.6 Å². The number of rotatable bonds is 15. The van der Waals surface area contributed by atoms with Crippen LogP contribution in [0.4, 0.5) is 0 Å². The molecule has 0 aliphatic heterocycles. The van der Waals surface area contributed by atoms with E-state index in [0.29, 0.717) is 12.3 Å². The largest absolute Gasteiger partial charge is 0.482 e. The van der Waals surface area contributed by atoms with Crippen LogP contribution in [0.25, 0.3) is 0 Å². The molecule has 0 heterocycles. The average molecular weight is 382 g/mol. The first-order chi connectivity index (χ1) is 13.1. The Morgan fingerprint density at radius 1 is 0.926 bits per heavy atom. The van der Waals surface area contributed by atoms with Gasteiger partial charge in [0.15, 0.2) is 6.61 Å². The van der Waals surface area contributed by atoms with Gasteiger partial charge in [-0.3, -0.25) is 0 Å². The van der Waals surface area contributed by atoms with Crippen molar-refractivity contribution in [1.29, 1.82) is 0 Å². The van der Waals surface area contributed by atoms with E-state index < -0.39 is 5.97 Å². The molecule has 0 bridgehead atoms. The smallest absolute Gasteiger partial charge is 0.341 e. The molecule has 0 atom stereocenters. The number of hydrogen-bond donors (Lipinski definition) is 3. The molecule has 1 rings (SSSR count). The second kappa shape index (κ2) is 19.2. The summed E-state index contributed by atoms with van der Waals surface area (Å²) in [4.78, 5) is 10.4. The number of unbranched alkanes of at least 4 members (excludes halogenated alkanes) is 9. The first-order valence-corrected chi connectivity index (χ1v) is 10.4. The van der Waals surface area contributed by atoms with Gasteiger partial charge in [-0.1, -0.05) is 76.8 Å². The highest BCUT2D eigenvalue weighted by Crippen LogP contribution is 2.15. The van der Waals surface area contributed by atoms with Gasteiger partial charge < -0.3 is 20.7 Å². The van der Waals surface area contributed by atoms with Crippen LogP contribution < -0.4 is 10.5 Å². The summed E-state index contributed by atoms with van der Waals surface area (Å²) in [6.07, 6.45) is 14.6. The van der Waals surface area contributed by atoms with Gasteiger partial charge in [0.25, 0.3) is 0 Å². The Kier molecular flexibility index (Phi) is 18.0. The van der Waals surface area contributed by atoms with Crippen molar-refractivity contribution >= 4 is 5.97 Å². The molecule has 1 aromatic carbocycles. The maximum absolute atomic E-state index is 10.4. The third-order valence-corrected chi connectivity index (χ3v) is 4.23. The van der Waals surface area contributed by atoms with Gasteiger partial charge in [-0.15, -0.1) is 0 Å². The second-order valence-electron chi connectivity index (χ2n) is 6.77. The van der Waals surface area contributed by atoms with Crippen LogP contribution in [0.15, 0.2) is 24.3 Å². The lowest BCUT2D eigenvalue weighted by Crippen LogP contribution is -2.09. The Bertz CT molecular complexity index is 446.